The van der Waals surface area contributed by atoms with Gasteiger partial charge < -0.3 is 14.4 Å². The molecule has 0 saturated carbocycles. The molecule has 2 aromatic carbocycles. The molecule has 0 spiro atoms. The number of hydrogen-bond donors (Lipinski definition) is 0. The summed E-state index contributed by atoms with van der Waals surface area (Å²) in [5.74, 6) is 0.806. The fourth-order valence-electron chi connectivity index (χ4n) is 4.13. The van der Waals surface area contributed by atoms with Crippen LogP contribution in [-0.2, 0) is 4.79 Å². The van der Waals surface area contributed by atoms with E-state index >= 15 is 0 Å². The second-order valence-electron chi connectivity index (χ2n) is 7.44. The number of nitriles is 1. The summed E-state index contributed by atoms with van der Waals surface area (Å²) < 4.78 is 25.6. The minimum atomic E-state index is -0.464. The summed E-state index contributed by atoms with van der Waals surface area (Å²) in [5.41, 5.74) is 1.30. The molecule has 0 unspecified atom stereocenters. The largest absolute Gasteiger partial charge is 0.486 e. The summed E-state index contributed by atoms with van der Waals surface area (Å²) in [7, 11) is 0. The second kappa shape index (κ2) is 9.14. The lowest BCUT2D eigenvalue weighted by Gasteiger charge is -2.29. The van der Waals surface area contributed by atoms with Crippen molar-refractivity contribution in [2.45, 2.75) is 25.3 Å². The number of para-hydroxylation sites is 1. The monoisotopic (exact) mass is 409 g/mol. The number of carbonyl (C=O) groups excluding carboxylic acids is 1. The van der Waals surface area contributed by atoms with Crippen LogP contribution in [0.2, 0.25) is 0 Å². The number of nitrogens with zero attached hydrogens (tertiary/aromatic N) is 3. The van der Waals surface area contributed by atoms with Crippen LogP contribution in [0.3, 0.4) is 0 Å². The topological polar surface area (TPSA) is 65.8 Å². The van der Waals surface area contributed by atoms with Gasteiger partial charge in [-0.3, -0.25) is 9.69 Å². The normalized spacial score (nSPS) is 18.1. The van der Waals surface area contributed by atoms with Crippen LogP contribution in [0.1, 0.15) is 30.9 Å². The number of ether oxygens (including phenoxy) is 2. The predicted octanol–water partition coefficient (Wildman–Crippen LogP) is 3.68. The Labute approximate surface area is 175 Å². The fourth-order valence-corrected chi connectivity index (χ4v) is 4.13. The maximum absolute atomic E-state index is 14.3. The van der Waals surface area contributed by atoms with Gasteiger partial charge in [0, 0.05) is 12.6 Å². The first-order valence-corrected chi connectivity index (χ1v) is 10.2. The van der Waals surface area contributed by atoms with Crippen molar-refractivity contribution in [3.8, 4) is 17.6 Å². The van der Waals surface area contributed by atoms with Gasteiger partial charge in [-0.05, 0) is 49.2 Å². The molecule has 0 N–H and O–H groups in total. The van der Waals surface area contributed by atoms with Crippen LogP contribution in [0.4, 0.5) is 10.1 Å². The summed E-state index contributed by atoms with van der Waals surface area (Å²) in [6.07, 6.45) is 2.06. The maximum atomic E-state index is 14.3. The van der Waals surface area contributed by atoms with Crippen molar-refractivity contribution in [2.75, 3.05) is 37.7 Å². The van der Waals surface area contributed by atoms with Crippen LogP contribution in [0.5, 0.6) is 11.5 Å². The van der Waals surface area contributed by atoms with E-state index in [1.165, 1.54) is 11.0 Å². The average molecular weight is 409 g/mol. The van der Waals surface area contributed by atoms with Crippen LogP contribution in [0.25, 0.3) is 0 Å². The molecule has 1 atom stereocenters. The minimum absolute atomic E-state index is 0.0863. The minimum Gasteiger partial charge on any atom is -0.486 e. The molecule has 0 aromatic heterocycles. The molecule has 2 aromatic rings. The molecule has 7 heteroatoms. The van der Waals surface area contributed by atoms with Gasteiger partial charge in [0.05, 0.1) is 24.7 Å². The van der Waals surface area contributed by atoms with Crippen molar-refractivity contribution in [2.24, 2.45) is 0 Å². The summed E-state index contributed by atoms with van der Waals surface area (Å²) in [6, 6.07) is 14.2. The Bertz CT molecular complexity index is 959. The maximum Gasteiger partial charge on any atom is 0.241 e. The van der Waals surface area contributed by atoms with Gasteiger partial charge in [0.25, 0.3) is 0 Å². The van der Waals surface area contributed by atoms with E-state index in [0.717, 1.165) is 36.4 Å². The fraction of sp³-hybridized carbons (Fsp3) is 0.391. The zero-order chi connectivity index (χ0) is 20.9. The van der Waals surface area contributed by atoms with E-state index in [1.54, 1.807) is 18.2 Å². The van der Waals surface area contributed by atoms with E-state index in [4.69, 9.17) is 14.7 Å². The van der Waals surface area contributed by atoms with Crippen molar-refractivity contribution in [1.82, 2.24) is 4.90 Å². The Hall–Kier alpha value is -3.11. The molecular weight excluding hydrogens is 385 g/mol. The van der Waals surface area contributed by atoms with Crippen molar-refractivity contribution in [3.63, 3.8) is 0 Å². The van der Waals surface area contributed by atoms with Crippen LogP contribution in [0.15, 0.2) is 42.5 Å². The van der Waals surface area contributed by atoms with Crippen LogP contribution >= 0.6 is 0 Å². The van der Waals surface area contributed by atoms with Crippen LogP contribution in [0, 0.1) is 17.1 Å². The van der Waals surface area contributed by atoms with Gasteiger partial charge in [0.2, 0.25) is 5.91 Å². The Kier molecular flexibility index (Phi) is 6.15. The number of likely N-dealkylation sites (tertiary alicyclic amines) is 1. The Morgan fingerprint density at radius 2 is 2.00 bits per heavy atom. The molecular formula is C23H24FN3O3. The summed E-state index contributed by atoms with van der Waals surface area (Å²) in [4.78, 5) is 16.6. The number of carbonyl (C=O) groups is 1. The Balaban J connectivity index is 1.52. The number of fused-ring (bicyclic) bond motifs is 1. The molecule has 2 heterocycles. The van der Waals surface area contributed by atoms with Crippen molar-refractivity contribution in [1.29, 1.82) is 5.26 Å². The van der Waals surface area contributed by atoms with Crippen LogP contribution in [-0.4, -0.2) is 43.7 Å². The molecule has 1 fully saturated rings. The lowest BCUT2D eigenvalue weighted by atomic mass is 10.0. The second-order valence-corrected chi connectivity index (χ2v) is 7.44. The molecule has 4 rings (SSSR count). The van der Waals surface area contributed by atoms with Gasteiger partial charge in [-0.15, -0.1) is 0 Å². The van der Waals surface area contributed by atoms with Gasteiger partial charge in [0.15, 0.2) is 11.5 Å². The molecule has 30 heavy (non-hydrogen) atoms. The van der Waals surface area contributed by atoms with Crippen molar-refractivity contribution in [3.05, 3.63) is 53.8 Å². The zero-order valence-corrected chi connectivity index (χ0v) is 16.7. The van der Waals surface area contributed by atoms with E-state index < -0.39 is 5.82 Å². The average Bonchev–Trinajstić information content (AvgIpc) is 3.23. The molecule has 0 bridgehead atoms. The lowest BCUT2D eigenvalue weighted by Crippen LogP contribution is -2.41. The summed E-state index contributed by atoms with van der Waals surface area (Å²) in [6.45, 7) is 2.19. The van der Waals surface area contributed by atoms with E-state index in [0.29, 0.717) is 13.2 Å². The highest BCUT2D eigenvalue weighted by Gasteiger charge is 2.30. The van der Waals surface area contributed by atoms with E-state index in [1.807, 2.05) is 24.3 Å². The first kappa shape index (κ1) is 20.2. The molecule has 2 aliphatic rings. The Morgan fingerprint density at radius 1 is 1.20 bits per heavy atom. The standard InChI is InChI=1S/C23H24FN3O3/c24-18-5-1-2-6-20(18)27(12-4-10-25)23(28)16-26-11-3-7-19(26)17-8-9-21-22(15-17)30-14-13-29-21/h1-2,5-6,8-9,15,19H,3-4,7,11-14,16H2/t19-/m0/s1. The molecule has 0 radical (unpaired) electrons. The van der Waals surface area contributed by atoms with Gasteiger partial charge in [0.1, 0.15) is 19.0 Å². The predicted molar refractivity (Wildman–Crippen MR) is 110 cm³/mol. The molecule has 0 aliphatic carbocycles. The third-order valence-corrected chi connectivity index (χ3v) is 5.54. The summed E-state index contributed by atoms with van der Waals surface area (Å²) in [5, 5.41) is 8.97. The van der Waals surface area contributed by atoms with Gasteiger partial charge in [-0.1, -0.05) is 18.2 Å². The number of rotatable bonds is 6. The van der Waals surface area contributed by atoms with Crippen LogP contribution < -0.4 is 14.4 Å². The lowest BCUT2D eigenvalue weighted by molar-refractivity contribution is -0.120. The molecule has 6 nitrogen and oxygen atoms in total. The smallest absolute Gasteiger partial charge is 0.241 e. The molecule has 1 amide bonds. The Morgan fingerprint density at radius 3 is 2.80 bits per heavy atom. The van der Waals surface area contributed by atoms with Crippen molar-refractivity contribution < 1.29 is 18.7 Å². The third-order valence-electron chi connectivity index (χ3n) is 5.54. The highest BCUT2D eigenvalue weighted by Crippen LogP contribution is 2.38. The SMILES string of the molecule is N#CCCN(C(=O)CN1CCC[C@H]1c1ccc2c(c1)OCCO2)c1ccccc1F. The molecule has 2 aliphatic heterocycles. The van der Waals surface area contributed by atoms with Gasteiger partial charge in [-0.2, -0.15) is 5.26 Å². The van der Waals surface area contributed by atoms with Crippen molar-refractivity contribution >= 4 is 11.6 Å². The quantitative estimate of drug-likeness (QED) is 0.728. The van der Waals surface area contributed by atoms with Gasteiger partial charge >= 0.3 is 0 Å². The first-order chi connectivity index (χ1) is 14.7. The zero-order valence-electron chi connectivity index (χ0n) is 16.7. The number of anilines is 1. The molecule has 1 saturated heterocycles. The number of hydrogen-bond acceptors (Lipinski definition) is 5. The first-order valence-electron chi connectivity index (χ1n) is 10.2. The number of benzene rings is 2. The van der Waals surface area contributed by atoms with Gasteiger partial charge in [-0.25, -0.2) is 4.39 Å². The van der Waals surface area contributed by atoms with E-state index in [9.17, 15) is 9.18 Å². The number of halogens is 1. The third kappa shape index (κ3) is 4.24. The highest BCUT2D eigenvalue weighted by atomic mass is 19.1. The molecule has 156 valence electrons. The van der Waals surface area contributed by atoms with E-state index in [2.05, 4.69) is 4.90 Å². The van der Waals surface area contributed by atoms with E-state index in [-0.39, 0.29) is 37.1 Å². The summed E-state index contributed by atoms with van der Waals surface area (Å²) >= 11 is 0. The highest BCUT2D eigenvalue weighted by molar-refractivity contribution is 5.95. The number of amides is 1.